The van der Waals surface area contributed by atoms with Crippen molar-refractivity contribution in [2.45, 2.75) is 0 Å². The van der Waals surface area contributed by atoms with Crippen molar-refractivity contribution in [1.29, 1.82) is 0 Å². The van der Waals surface area contributed by atoms with Crippen LogP contribution < -0.4 is 0 Å². The van der Waals surface area contributed by atoms with E-state index in [0.29, 0.717) is 0 Å². The van der Waals surface area contributed by atoms with Gasteiger partial charge >= 0.3 is 23.1 Å². The maximum absolute atomic E-state index is 8.67. The minimum Gasteiger partial charge on any atom is -1.00 e. The Morgan fingerprint density at radius 1 is 1.12 bits per heavy atom. The third kappa shape index (κ3) is 428. The van der Waals surface area contributed by atoms with Crippen LogP contribution in [0.2, 0.25) is 0 Å². The largest absolute Gasteiger partial charge is 2.00 e. The van der Waals surface area contributed by atoms with E-state index in [-0.39, 0.29) is 42.3 Å². The average Bonchev–Trinajstić information content (AvgIpc) is 0.811. The quantitative estimate of drug-likeness (QED) is 0.289. The molecule has 0 radical (unpaired) electrons. The van der Waals surface area contributed by atoms with Crippen molar-refractivity contribution in [3.05, 3.63) is 0 Å². The molecule has 0 aliphatic carbocycles. The van der Waals surface area contributed by atoms with E-state index < -0.39 is 11.4 Å². The van der Waals surface area contributed by atoms with Crippen molar-refractivity contribution in [3.63, 3.8) is 0 Å². The van der Waals surface area contributed by atoms with Crippen LogP contribution in [0.25, 0.3) is 0 Å². The van der Waals surface area contributed by atoms with Crippen LogP contribution in [0.15, 0.2) is 0 Å². The number of hydrogen-bond acceptors (Lipinski definition) is 1. The SMILES string of the molecule is O.O.O.O=S(O)O.[H-].[H-].[Mg+2]. The van der Waals surface area contributed by atoms with Crippen LogP contribution in [-0.4, -0.2) is 52.8 Å². The predicted octanol–water partition coefficient (Wildman–Crippen LogP) is -2.95. The molecule has 0 heterocycles. The molecule has 8 heteroatoms. The van der Waals surface area contributed by atoms with Crippen molar-refractivity contribution in [2.24, 2.45) is 0 Å². The van der Waals surface area contributed by atoms with Gasteiger partial charge in [0.05, 0.1) is 0 Å². The summed E-state index contributed by atoms with van der Waals surface area (Å²) in [5.74, 6) is 0. The topological polar surface area (TPSA) is 152 Å². The number of hydrogen-bond donors (Lipinski definition) is 2. The molecule has 6 nitrogen and oxygen atoms in total. The van der Waals surface area contributed by atoms with Crippen LogP contribution in [0.1, 0.15) is 2.85 Å². The van der Waals surface area contributed by atoms with Crippen molar-refractivity contribution < 1.29 is 32.6 Å². The van der Waals surface area contributed by atoms with Crippen LogP contribution in [0, 0.1) is 0 Å². The Bertz CT molecular complexity index is 38.7. The molecule has 0 spiro atoms. The minimum atomic E-state index is -2.61. The maximum atomic E-state index is 8.67. The van der Waals surface area contributed by atoms with Crippen LogP contribution in [-0.2, 0) is 11.4 Å². The van der Waals surface area contributed by atoms with Crippen molar-refractivity contribution in [3.8, 4) is 0 Å². The van der Waals surface area contributed by atoms with E-state index in [4.69, 9.17) is 13.3 Å². The summed E-state index contributed by atoms with van der Waals surface area (Å²) in [4.78, 5) is 0. The van der Waals surface area contributed by atoms with E-state index in [0.717, 1.165) is 0 Å². The van der Waals surface area contributed by atoms with Gasteiger partial charge in [0, 0.05) is 0 Å². The second-order valence-electron chi connectivity index (χ2n) is 0.231. The van der Waals surface area contributed by atoms with Gasteiger partial charge in [-0.3, -0.25) is 9.11 Å². The molecule has 0 aromatic carbocycles. The summed E-state index contributed by atoms with van der Waals surface area (Å²) in [5, 5.41) is 0. The molecule has 0 aromatic rings. The zero-order valence-electron chi connectivity index (χ0n) is 5.92. The Kier molecular flexibility index (Phi) is 118. The molecule has 0 unspecified atom stereocenters. The fraction of sp³-hybridized carbons (Fsp3) is 0. The van der Waals surface area contributed by atoms with E-state index in [1.165, 1.54) is 0 Å². The molecule has 0 rings (SSSR count). The Labute approximate surface area is 67.4 Å². The molecule has 0 bridgehead atoms. The Morgan fingerprint density at radius 2 is 1.12 bits per heavy atom. The van der Waals surface area contributed by atoms with Gasteiger partial charge in [0.25, 0.3) is 11.4 Å². The summed E-state index contributed by atoms with van der Waals surface area (Å²) < 4.78 is 22.8. The van der Waals surface area contributed by atoms with Crippen LogP contribution in [0.3, 0.4) is 0 Å². The molecule has 0 aliphatic rings. The van der Waals surface area contributed by atoms with Gasteiger partial charge in [-0.25, -0.2) is 0 Å². The van der Waals surface area contributed by atoms with Crippen LogP contribution in [0.4, 0.5) is 0 Å². The van der Waals surface area contributed by atoms with E-state index >= 15 is 0 Å². The van der Waals surface area contributed by atoms with Gasteiger partial charge in [0.15, 0.2) is 0 Å². The van der Waals surface area contributed by atoms with Gasteiger partial charge in [-0.1, -0.05) is 0 Å². The van der Waals surface area contributed by atoms with Crippen molar-refractivity contribution in [2.75, 3.05) is 0 Å². The maximum Gasteiger partial charge on any atom is 2.00 e. The zero-order chi connectivity index (χ0) is 3.58. The number of rotatable bonds is 0. The first-order valence-corrected chi connectivity index (χ1v) is 1.60. The summed E-state index contributed by atoms with van der Waals surface area (Å²) in [7, 11) is 0. The first-order chi connectivity index (χ1) is 1.73. The predicted molar refractivity (Wildman–Crippen MR) is 32.2 cm³/mol. The van der Waals surface area contributed by atoms with E-state index in [1.807, 2.05) is 0 Å². The van der Waals surface area contributed by atoms with Crippen molar-refractivity contribution >= 4 is 34.4 Å². The molecule has 0 amide bonds. The fourth-order valence-electron chi connectivity index (χ4n) is 0. The van der Waals surface area contributed by atoms with E-state index in [1.54, 1.807) is 0 Å². The fourth-order valence-corrected chi connectivity index (χ4v) is 0. The molecule has 0 saturated heterocycles. The Morgan fingerprint density at radius 3 is 1.12 bits per heavy atom. The van der Waals surface area contributed by atoms with Gasteiger partial charge in [0.1, 0.15) is 0 Å². The zero-order valence-corrected chi connectivity index (χ0v) is 6.15. The summed E-state index contributed by atoms with van der Waals surface area (Å²) in [6.07, 6.45) is 0. The summed E-state index contributed by atoms with van der Waals surface area (Å²) in [6, 6.07) is 0. The minimum absolute atomic E-state index is 0. The van der Waals surface area contributed by atoms with Crippen LogP contribution in [0.5, 0.6) is 0 Å². The molecular formula is H10MgO6S. The second-order valence-corrected chi connectivity index (χ2v) is 0.692. The molecular weight excluding hydrogens is 152 g/mol. The van der Waals surface area contributed by atoms with Gasteiger partial charge in [-0.05, 0) is 0 Å². The summed E-state index contributed by atoms with van der Waals surface area (Å²) in [5.41, 5.74) is 0. The van der Waals surface area contributed by atoms with Gasteiger partial charge in [0.2, 0.25) is 0 Å². The first-order valence-electron chi connectivity index (χ1n) is 0.532. The molecule has 54 valence electrons. The monoisotopic (exact) mass is 162 g/mol. The molecule has 0 fully saturated rings. The third-order valence-corrected chi connectivity index (χ3v) is 0. The average molecular weight is 162 g/mol. The Hall–Kier alpha value is 0.716. The Balaban J connectivity index is -0.00000000300. The molecule has 0 atom stereocenters. The second kappa shape index (κ2) is 25.2. The van der Waals surface area contributed by atoms with E-state index in [2.05, 4.69) is 0 Å². The molecule has 0 saturated carbocycles. The molecule has 0 aliphatic heterocycles. The molecule has 0 aromatic heterocycles. The van der Waals surface area contributed by atoms with Gasteiger partial charge in [-0.15, -0.1) is 0 Å². The third-order valence-electron chi connectivity index (χ3n) is 0. The van der Waals surface area contributed by atoms with Crippen molar-refractivity contribution in [1.82, 2.24) is 0 Å². The standard InChI is InChI=1S/Mg.H2O3S.3H2O.2H/c;1-4(2)3;;;;;/h;(H2,1,2,3);3*1H2;;/q+2;;;;;2*-1. The molecule has 8 N–H and O–H groups in total. The summed E-state index contributed by atoms with van der Waals surface area (Å²) >= 11 is -2.61. The van der Waals surface area contributed by atoms with Crippen LogP contribution >= 0.6 is 0 Å². The van der Waals surface area contributed by atoms with Gasteiger partial charge in [-0.2, -0.15) is 4.21 Å². The molecule has 8 heavy (non-hydrogen) atoms. The first kappa shape index (κ1) is 37.6. The summed E-state index contributed by atoms with van der Waals surface area (Å²) in [6.45, 7) is 0. The van der Waals surface area contributed by atoms with E-state index in [9.17, 15) is 0 Å². The smallest absolute Gasteiger partial charge is 1.00 e. The normalized spacial score (nSPS) is 4.38. The van der Waals surface area contributed by atoms with Gasteiger partial charge < -0.3 is 19.3 Å².